The average molecular weight is 388 g/mol. The van der Waals surface area contributed by atoms with Crippen molar-refractivity contribution in [3.05, 3.63) is 41.8 Å². The first kappa shape index (κ1) is 19.6. The molecule has 0 spiro atoms. The van der Waals surface area contributed by atoms with E-state index in [0.29, 0.717) is 18.5 Å². The summed E-state index contributed by atoms with van der Waals surface area (Å²) in [6.45, 7) is 3.88. The molecule has 0 bridgehead atoms. The third-order valence-corrected chi connectivity index (χ3v) is 6.84. The molecule has 138 valence electrons. The van der Waals surface area contributed by atoms with Gasteiger partial charge in [0, 0.05) is 25.0 Å². The number of carbonyl (C=O) groups is 1. The molecule has 1 saturated heterocycles. The molecule has 10 heteroatoms. The van der Waals surface area contributed by atoms with Crippen molar-refractivity contribution >= 4 is 26.0 Å². The third-order valence-electron chi connectivity index (χ3n) is 3.96. The first-order chi connectivity index (χ1) is 11.6. The average Bonchev–Trinajstić information content (AvgIpc) is 3.03. The minimum absolute atomic E-state index is 0.0916. The summed E-state index contributed by atoms with van der Waals surface area (Å²) in [5, 5.41) is 9.56. The standard InChI is InChI=1S/C15H20N2O6S2/c1-2-24(20,21)16-10-13-7-8-17(11-13)25(22,23)14-5-3-12(4-6-14)9-15(18)19/h2-6,13,16H,1,7-11H2,(H,18,19)/t13-/m1/s1. The van der Waals surface area contributed by atoms with Crippen LogP contribution in [0.1, 0.15) is 12.0 Å². The van der Waals surface area contributed by atoms with E-state index in [2.05, 4.69) is 11.3 Å². The number of hydrogen-bond donors (Lipinski definition) is 2. The van der Waals surface area contributed by atoms with Gasteiger partial charge >= 0.3 is 5.97 Å². The highest BCUT2D eigenvalue weighted by Gasteiger charge is 2.32. The zero-order chi connectivity index (χ0) is 18.7. The zero-order valence-electron chi connectivity index (χ0n) is 13.5. The topological polar surface area (TPSA) is 121 Å². The smallest absolute Gasteiger partial charge is 0.307 e. The van der Waals surface area contributed by atoms with Crippen LogP contribution in [0.15, 0.2) is 41.1 Å². The van der Waals surface area contributed by atoms with E-state index in [9.17, 15) is 21.6 Å². The Bertz CT molecular complexity index is 847. The zero-order valence-corrected chi connectivity index (χ0v) is 15.1. The number of aliphatic carboxylic acids is 1. The van der Waals surface area contributed by atoms with Crippen molar-refractivity contribution in [2.75, 3.05) is 19.6 Å². The van der Waals surface area contributed by atoms with Crippen LogP contribution in [0, 0.1) is 5.92 Å². The molecular weight excluding hydrogens is 368 g/mol. The van der Waals surface area contributed by atoms with Gasteiger partial charge in [-0.05, 0) is 30.0 Å². The molecule has 0 unspecified atom stereocenters. The van der Waals surface area contributed by atoms with Gasteiger partial charge in [-0.25, -0.2) is 21.6 Å². The van der Waals surface area contributed by atoms with Gasteiger partial charge in [-0.2, -0.15) is 4.31 Å². The number of carboxylic acid groups (broad SMARTS) is 1. The SMILES string of the molecule is C=CS(=O)(=O)NC[C@H]1CCN(S(=O)(=O)c2ccc(CC(=O)O)cc2)C1. The molecule has 1 heterocycles. The second-order valence-corrected chi connectivity index (χ2v) is 9.44. The van der Waals surface area contributed by atoms with Crippen LogP contribution < -0.4 is 4.72 Å². The second-order valence-electron chi connectivity index (χ2n) is 5.79. The van der Waals surface area contributed by atoms with Gasteiger partial charge in [0.25, 0.3) is 0 Å². The van der Waals surface area contributed by atoms with Crippen LogP contribution in [0.4, 0.5) is 0 Å². The second kappa shape index (κ2) is 7.65. The number of rotatable bonds is 8. The monoisotopic (exact) mass is 388 g/mol. The van der Waals surface area contributed by atoms with Gasteiger partial charge in [-0.3, -0.25) is 4.79 Å². The molecule has 1 aliphatic rings. The Morgan fingerprint density at radius 3 is 2.48 bits per heavy atom. The predicted molar refractivity (Wildman–Crippen MR) is 91.8 cm³/mol. The summed E-state index contributed by atoms with van der Waals surface area (Å²) in [5.74, 6) is -1.10. The summed E-state index contributed by atoms with van der Waals surface area (Å²) in [6.07, 6.45) is 0.381. The number of carboxylic acids is 1. The van der Waals surface area contributed by atoms with Gasteiger partial charge in [-0.1, -0.05) is 18.7 Å². The first-order valence-corrected chi connectivity index (χ1v) is 10.6. The highest BCUT2D eigenvalue weighted by atomic mass is 32.2. The fraction of sp³-hybridized carbons (Fsp3) is 0.400. The molecule has 2 rings (SSSR count). The lowest BCUT2D eigenvalue weighted by molar-refractivity contribution is -0.136. The minimum Gasteiger partial charge on any atom is -0.481 e. The van der Waals surface area contributed by atoms with Crippen LogP contribution in [0.5, 0.6) is 0 Å². The fourth-order valence-corrected chi connectivity index (χ4v) is 4.69. The summed E-state index contributed by atoms with van der Waals surface area (Å²) in [4.78, 5) is 10.8. The van der Waals surface area contributed by atoms with Crippen molar-refractivity contribution in [3.8, 4) is 0 Å². The fourth-order valence-electron chi connectivity index (χ4n) is 2.58. The van der Waals surface area contributed by atoms with Crippen molar-refractivity contribution in [1.82, 2.24) is 9.03 Å². The summed E-state index contributed by atoms with van der Waals surface area (Å²) in [7, 11) is -7.22. The molecule has 8 nitrogen and oxygen atoms in total. The molecule has 25 heavy (non-hydrogen) atoms. The van der Waals surface area contributed by atoms with Crippen molar-refractivity contribution < 1.29 is 26.7 Å². The Kier molecular flexibility index (Phi) is 5.99. The van der Waals surface area contributed by atoms with E-state index in [1.807, 2.05) is 0 Å². The van der Waals surface area contributed by atoms with Crippen LogP contribution in [0.3, 0.4) is 0 Å². The molecule has 1 atom stereocenters. The van der Waals surface area contributed by atoms with Crippen LogP contribution in [-0.4, -0.2) is 51.9 Å². The van der Waals surface area contributed by atoms with Crippen LogP contribution in [0.2, 0.25) is 0 Å². The molecule has 0 radical (unpaired) electrons. The summed E-state index contributed by atoms with van der Waals surface area (Å²) < 4.78 is 51.7. The molecule has 0 saturated carbocycles. The quantitative estimate of drug-likeness (QED) is 0.664. The van der Waals surface area contributed by atoms with E-state index in [1.165, 1.54) is 28.6 Å². The van der Waals surface area contributed by atoms with Gasteiger partial charge in [0.05, 0.1) is 11.3 Å². The molecule has 2 N–H and O–H groups in total. The van der Waals surface area contributed by atoms with Crippen molar-refractivity contribution in [2.45, 2.75) is 17.7 Å². The Labute approximate surface area is 147 Å². The number of hydrogen-bond acceptors (Lipinski definition) is 5. The lowest BCUT2D eigenvalue weighted by atomic mass is 10.1. The molecule has 0 aromatic heterocycles. The Morgan fingerprint density at radius 1 is 1.28 bits per heavy atom. The summed E-state index contributed by atoms with van der Waals surface area (Å²) in [6, 6.07) is 5.74. The van der Waals surface area contributed by atoms with E-state index >= 15 is 0 Å². The third kappa shape index (κ3) is 5.11. The van der Waals surface area contributed by atoms with Crippen molar-refractivity contribution in [1.29, 1.82) is 0 Å². The number of sulfonamides is 2. The maximum atomic E-state index is 12.6. The maximum absolute atomic E-state index is 12.6. The number of benzene rings is 1. The lowest BCUT2D eigenvalue weighted by Gasteiger charge is -2.17. The van der Waals surface area contributed by atoms with E-state index in [4.69, 9.17) is 5.11 Å². The van der Waals surface area contributed by atoms with Crippen molar-refractivity contribution in [2.24, 2.45) is 5.92 Å². The summed E-state index contributed by atoms with van der Waals surface area (Å²) in [5.41, 5.74) is 0.518. The highest BCUT2D eigenvalue weighted by molar-refractivity contribution is 7.92. The van der Waals surface area contributed by atoms with E-state index in [0.717, 1.165) is 5.41 Å². The molecule has 1 aromatic rings. The largest absolute Gasteiger partial charge is 0.481 e. The summed E-state index contributed by atoms with van der Waals surface area (Å²) >= 11 is 0. The minimum atomic E-state index is -3.69. The van der Waals surface area contributed by atoms with E-state index in [1.54, 1.807) is 0 Å². The van der Waals surface area contributed by atoms with Crippen LogP contribution >= 0.6 is 0 Å². The Hall–Kier alpha value is -1.75. The van der Waals surface area contributed by atoms with Crippen LogP contribution in [0.25, 0.3) is 0 Å². The normalized spacial score (nSPS) is 19.0. The molecule has 0 aliphatic carbocycles. The molecule has 1 aromatic carbocycles. The van der Waals surface area contributed by atoms with Gasteiger partial charge in [0.15, 0.2) is 0 Å². The molecule has 0 amide bonds. The Balaban J connectivity index is 2.03. The predicted octanol–water partition coefficient (Wildman–Crippen LogP) is 0.387. The van der Waals surface area contributed by atoms with Crippen molar-refractivity contribution in [3.63, 3.8) is 0 Å². The van der Waals surface area contributed by atoms with Gasteiger partial charge in [-0.15, -0.1) is 0 Å². The molecule has 1 aliphatic heterocycles. The van der Waals surface area contributed by atoms with Crippen LogP contribution in [-0.2, 0) is 31.3 Å². The van der Waals surface area contributed by atoms with E-state index < -0.39 is 26.0 Å². The van der Waals surface area contributed by atoms with Gasteiger partial charge in [0.1, 0.15) is 0 Å². The first-order valence-electron chi connectivity index (χ1n) is 7.57. The molecule has 1 fully saturated rings. The number of nitrogens with zero attached hydrogens (tertiary/aromatic N) is 1. The maximum Gasteiger partial charge on any atom is 0.307 e. The van der Waals surface area contributed by atoms with E-state index in [-0.39, 0.29) is 30.3 Å². The van der Waals surface area contributed by atoms with Gasteiger partial charge < -0.3 is 5.11 Å². The molecular formula is C15H20N2O6S2. The lowest BCUT2D eigenvalue weighted by Crippen LogP contribution is -2.32. The Morgan fingerprint density at radius 2 is 1.92 bits per heavy atom. The highest BCUT2D eigenvalue weighted by Crippen LogP contribution is 2.24. The van der Waals surface area contributed by atoms with Gasteiger partial charge in [0.2, 0.25) is 20.0 Å². The number of nitrogens with one attached hydrogen (secondary N) is 1.